The van der Waals surface area contributed by atoms with Crippen LogP contribution in [-0.4, -0.2) is 37.7 Å². The highest BCUT2D eigenvalue weighted by atomic mass is 32.2. The van der Waals surface area contributed by atoms with Gasteiger partial charge in [0.05, 0.1) is 11.4 Å². The smallest absolute Gasteiger partial charge is 0.208 e. The summed E-state index contributed by atoms with van der Waals surface area (Å²) in [5.41, 5.74) is 0.594. The molecule has 1 aliphatic rings. The van der Waals surface area contributed by atoms with E-state index in [2.05, 4.69) is 6.58 Å². The van der Waals surface area contributed by atoms with Gasteiger partial charge < -0.3 is 4.74 Å². The summed E-state index contributed by atoms with van der Waals surface area (Å²) >= 11 is 0. The van der Waals surface area contributed by atoms with Gasteiger partial charge >= 0.3 is 0 Å². The third kappa shape index (κ3) is 5.23. The first kappa shape index (κ1) is 18.9. The minimum atomic E-state index is -3.11. The molecular formula is C16H27NO4S. The van der Waals surface area contributed by atoms with Crippen LogP contribution in [-0.2, 0) is 19.4 Å². The minimum Gasteiger partial charge on any atom is -0.475 e. The average molecular weight is 329 g/mol. The number of rotatable bonds is 9. The maximum Gasteiger partial charge on any atom is 0.208 e. The highest BCUT2D eigenvalue weighted by Crippen LogP contribution is 2.45. The molecule has 1 N–H and O–H groups in total. The summed E-state index contributed by atoms with van der Waals surface area (Å²) in [5.74, 6) is -0.182. The zero-order valence-corrected chi connectivity index (χ0v) is 14.7. The Balaban J connectivity index is 2.24. The van der Waals surface area contributed by atoms with Gasteiger partial charge in [0.1, 0.15) is 5.78 Å². The van der Waals surface area contributed by atoms with E-state index in [1.165, 1.54) is 6.26 Å². The van der Waals surface area contributed by atoms with Crippen molar-refractivity contribution < 1.29 is 17.9 Å². The number of unbranched alkanes of at least 4 members (excludes halogenated alkanes) is 1. The van der Waals surface area contributed by atoms with E-state index in [0.717, 1.165) is 19.3 Å². The minimum absolute atomic E-state index is 0.0409. The second-order valence-electron chi connectivity index (χ2n) is 6.43. The molecule has 3 unspecified atom stereocenters. The zero-order chi connectivity index (χ0) is 17.1. The Morgan fingerprint density at radius 1 is 1.36 bits per heavy atom. The van der Waals surface area contributed by atoms with Gasteiger partial charge in [0, 0.05) is 24.2 Å². The Bertz CT molecular complexity index is 552. The lowest BCUT2D eigenvalue weighted by Gasteiger charge is -2.14. The molecule has 0 radical (unpaired) electrons. The predicted octanol–water partition coefficient (Wildman–Crippen LogP) is 2.75. The first-order valence-corrected chi connectivity index (χ1v) is 9.63. The Kier molecular flexibility index (Phi) is 6.35. The molecule has 0 aromatic carbocycles. The Hall–Kier alpha value is -1.17. The highest BCUT2D eigenvalue weighted by molar-refractivity contribution is 7.91. The van der Waals surface area contributed by atoms with Crippen LogP contribution in [0.1, 0.15) is 46.5 Å². The quantitative estimate of drug-likeness (QED) is 0.400. The van der Waals surface area contributed by atoms with E-state index in [9.17, 15) is 13.2 Å². The van der Waals surface area contributed by atoms with Gasteiger partial charge in [0.15, 0.2) is 9.84 Å². The van der Waals surface area contributed by atoms with E-state index in [1.54, 1.807) is 6.92 Å². The number of sulfone groups is 1. The molecule has 0 amide bonds. The molecule has 0 aromatic heterocycles. The average Bonchev–Trinajstić information content (AvgIpc) is 3.06. The van der Waals surface area contributed by atoms with Crippen LogP contribution in [0.25, 0.3) is 0 Å². The van der Waals surface area contributed by atoms with Gasteiger partial charge in [0.25, 0.3) is 0 Å². The molecule has 22 heavy (non-hydrogen) atoms. The van der Waals surface area contributed by atoms with Crippen LogP contribution in [0.3, 0.4) is 0 Å². The number of ketones is 1. The SMILES string of the molecule is C=C(C)C(=N)OC(C)CCCCC(=O)C1C(S(C)(=O)=O)[C@H]1C. The van der Waals surface area contributed by atoms with E-state index in [-0.39, 0.29) is 29.6 Å². The summed E-state index contributed by atoms with van der Waals surface area (Å²) in [6.07, 6.45) is 3.86. The molecule has 0 aromatic rings. The first-order chi connectivity index (χ1) is 10.1. The van der Waals surface area contributed by atoms with Crippen LogP contribution in [0.2, 0.25) is 0 Å². The number of nitrogens with one attached hydrogen (secondary N) is 1. The number of hydrogen-bond acceptors (Lipinski definition) is 5. The summed E-state index contributed by atoms with van der Waals surface area (Å²) < 4.78 is 28.4. The Labute approximate surface area is 133 Å². The molecule has 1 saturated carbocycles. The van der Waals surface area contributed by atoms with E-state index in [4.69, 9.17) is 10.1 Å². The van der Waals surface area contributed by atoms with Crippen molar-refractivity contribution in [3.63, 3.8) is 0 Å². The van der Waals surface area contributed by atoms with Crippen LogP contribution >= 0.6 is 0 Å². The molecule has 6 heteroatoms. The predicted molar refractivity (Wildman–Crippen MR) is 87.8 cm³/mol. The van der Waals surface area contributed by atoms with Crippen LogP contribution < -0.4 is 0 Å². The second kappa shape index (κ2) is 7.40. The third-order valence-electron chi connectivity index (χ3n) is 4.15. The van der Waals surface area contributed by atoms with Crippen LogP contribution in [0, 0.1) is 17.2 Å². The molecule has 126 valence electrons. The fourth-order valence-electron chi connectivity index (χ4n) is 2.82. The summed E-state index contributed by atoms with van der Waals surface area (Å²) in [6, 6.07) is 0. The Morgan fingerprint density at radius 2 is 1.95 bits per heavy atom. The summed E-state index contributed by atoms with van der Waals surface area (Å²) in [6.45, 7) is 9.09. The lowest BCUT2D eigenvalue weighted by atomic mass is 10.1. The number of carbonyl (C=O) groups is 1. The maximum atomic E-state index is 12.0. The van der Waals surface area contributed by atoms with Gasteiger partial charge in [-0.15, -0.1) is 0 Å². The summed E-state index contributed by atoms with van der Waals surface area (Å²) in [7, 11) is -3.11. The van der Waals surface area contributed by atoms with Gasteiger partial charge in [-0.05, 0) is 39.0 Å². The number of carbonyl (C=O) groups excluding carboxylic acids is 1. The van der Waals surface area contributed by atoms with E-state index in [0.29, 0.717) is 12.0 Å². The van der Waals surface area contributed by atoms with Gasteiger partial charge in [0.2, 0.25) is 5.90 Å². The van der Waals surface area contributed by atoms with Crippen molar-refractivity contribution in [1.82, 2.24) is 0 Å². The first-order valence-electron chi connectivity index (χ1n) is 7.68. The maximum absolute atomic E-state index is 12.0. The summed E-state index contributed by atoms with van der Waals surface area (Å²) in [4.78, 5) is 12.0. The normalized spacial score (nSPS) is 25.4. The lowest BCUT2D eigenvalue weighted by Crippen LogP contribution is -2.15. The van der Waals surface area contributed by atoms with E-state index >= 15 is 0 Å². The fraction of sp³-hybridized carbons (Fsp3) is 0.750. The number of ether oxygens (including phenoxy) is 1. The molecule has 0 spiro atoms. The monoisotopic (exact) mass is 329 g/mol. The highest BCUT2D eigenvalue weighted by Gasteiger charge is 2.56. The number of Topliss-reactive ketones (excluding diaryl/α,β-unsaturated/α-hetero) is 1. The summed E-state index contributed by atoms with van der Waals surface area (Å²) in [5, 5.41) is 7.08. The molecule has 1 aliphatic carbocycles. The molecule has 0 aliphatic heterocycles. The van der Waals surface area contributed by atoms with Crippen molar-refractivity contribution in [3.05, 3.63) is 12.2 Å². The van der Waals surface area contributed by atoms with Crippen LogP contribution in [0.5, 0.6) is 0 Å². The van der Waals surface area contributed by atoms with Crippen molar-refractivity contribution in [1.29, 1.82) is 5.41 Å². The molecule has 0 heterocycles. The van der Waals surface area contributed by atoms with Crippen molar-refractivity contribution >= 4 is 21.5 Å². The van der Waals surface area contributed by atoms with Gasteiger partial charge in [-0.1, -0.05) is 13.5 Å². The van der Waals surface area contributed by atoms with Gasteiger partial charge in [-0.2, -0.15) is 0 Å². The molecule has 0 saturated heterocycles. The number of hydrogen-bond donors (Lipinski definition) is 1. The van der Waals surface area contributed by atoms with E-state index < -0.39 is 15.1 Å². The standard InChI is InChI=1S/C16H27NO4S/c1-10(2)16(17)21-11(3)8-6-7-9-13(18)14-12(4)15(14)22(5,19)20/h11-12,14-15,17H,1,6-9H2,2-5H3/t11?,12-,14?,15?/m0/s1. The van der Waals surface area contributed by atoms with Crippen molar-refractivity contribution in [2.45, 2.75) is 57.8 Å². The molecule has 1 fully saturated rings. The molecule has 0 bridgehead atoms. The topological polar surface area (TPSA) is 84.3 Å². The molecular weight excluding hydrogens is 302 g/mol. The second-order valence-corrected chi connectivity index (χ2v) is 8.63. The molecule has 1 rings (SSSR count). The fourth-order valence-corrected chi connectivity index (χ4v) is 4.61. The zero-order valence-electron chi connectivity index (χ0n) is 13.9. The van der Waals surface area contributed by atoms with Crippen molar-refractivity contribution in [2.75, 3.05) is 6.26 Å². The van der Waals surface area contributed by atoms with Crippen molar-refractivity contribution in [2.24, 2.45) is 11.8 Å². The Morgan fingerprint density at radius 3 is 2.41 bits per heavy atom. The molecule has 5 nitrogen and oxygen atoms in total. The van der Waals surface area contributed by atoms with E-state index in [1.807, 2.05) is 13.8 Å². The largest absolute Gasteiger partial charge is 0.475 e. The van der Waals surface area contributed by atoms with Gasteiger partial charge in [-0.25, -0.2) is 8.42 Å². The molecule has 4 atom stereocenters. The van der Waals surface area contributed by atoms with Crippen molar-refractivity contribution in [3.8, 4) is 0 Å². The van der Waals surface area contributed by atoms with Crippen LogP contribution in [0.4, 0.5) is 0 Å². The lowest BCUT2D eigenvalue weighted by molar-refractivity contribution is -0.120. The third-order valence-corrected chi connectivity index (χ3v) is 5.87. The van der Waals surface area contributed by atoms with Crippen LogP contribution in [0.15, 0.2) is 12.2 Å². The van der Waals surface area contributed by atoms with Gasteiger partial charge in [-0.3, -0.25) is 10.2 Å².